The van der Waals surface area contributed by atoms with Crippen molar-refractivity contribution in [1.82, 2.24) is 0 Å². The number of alkyl halides is 1. The van der Waals surface area contributed by atoms with E-state index in [0.29, 0.717) is 11.8 Å². The quantitative estimate of drug-likeness (QED) is 0.719. The third-order valence-electron chi connectivity index (χ3n) is 4.07. The molecule has 0 aliphatic heterocycles. The van der Waals surface area contributed by atoms with E-state index in [1.807, 2.05) is 18.2 Å². The van der Waals surface area contributed by atoms with Crippen molar-refractivity contribution in [3.8, 4) is 11.5 Å². The second kappa shape index (κ2) is 7.58. The Bertz CT molecular complexity index is 462. The molecule has 20 heavy (non-hydrogen) atoms. The third kappa shape index (κ3) is 3.69. The van der Waals surface area contributed by atoms with Crippen LogP contribution in [0, 0.1) is 5.92 Å². The average molecular weight is 295 g/mol. The minimum absolute atomic E-state index is 0.597. The SMILES string of the molecule is COc1ccc(/C=C(/CCl)C2CCCCC2)c(OC)c1. The first-order chi connectivity index (χ1) is 9.78. The van der Waals surface area contributed by atoms with E-state index in [-0.39, 0.29) is 0 Å². The molecule has 0 heterocycles. The van der Waals surface area contributed by atoms with E-state index in [0.717, 1.165) is 17.1 Å². The van der Waals surface area contributed by atoms with Gasteiger partial charge in [-0.15, -0.1) is 11.6 Å². The van der Waals surface area contributed by atoms with Crippen molar-refractivity contribution in [1.29, 1.82) is 0 Å². The Labute approximate surface area is 126 Å². The lowest BCUT2D eigenvalue weighted by molar-refractivity contribution is 0.393. The standard InChI is InChI=1S/C17H23ClO2/c1-19-16-9-8-14(17(11-16)20-2)10-15(12-18)13-6-4-3-5-7-13/h8-11,13H,3-7,12H2,1-2H3/b15-10-. The fraction of sp³-hybridized carbons (Fsp3) is 0.529. The second-order valence-corrected chi connectivity index (χ2v) is 5.56. The normalized spacial score (nSPS) is 17.1. The van der Waals surface area contributed by atoms with Gasteiger partial charge in [0.15, 0.2) is 0 Å². The number of benzene rings is 1. The topological polar surface area (TPSA) is 18.5 Å². The van der Waals surface area contributed by atoms with Crippen molar-refractivity contribution in [2.24, 2.45) is 5.92 Å². The Kier molecular flexibility index (Phi) is 5.78. The largest absolute Gasteiger partial charge is 0.497 e. The van der Waals surface area contributed by atoms with Crippen LogP contribution in [0.15, 0.2) is 23.8 Å². The summed E-state index contributed by atoms with van der Waals surface area (Å²) in [7, 11) is 3.35. The zero-order valence-electron chi connectivity index (χ0n) is 12.3. The van der Waals surface area contributed by atoms with Gasteiger partial charge in [-0.3, -0.25) is 0 Å². The van der Waals surface area contributed by atoms with Gasteiger partial charge in [-0.25, -0.2) is 0 Å². The van der Waals surface area contributed by atoms with Crippen molar-refractivity contribution < 1.29 is 9.47 Å². The number of methoxy groups -OCH3 is 2. The van der Waals surface area contributed by atoms with E-state index < -0.39 is 0 Å². The number of hydrogen-bond donors (Lipinski definition) is 0. The molecule has 0 amide bonds. The molecule has 1 aliphatic rings. The Morgan fingerprint density at radius 2 is 1.95 bits per heavy atom. The van der Waals surface area contributed by atoms with Gasteiger partial charge in [0.25, 0.3) is 0 Å². The molecule has 3 heteroatoms. The van der Waals surface area contributed by atoms with Gasteiger partial charge in [0, 0.05) is 17.5 Å². The van der Waals surface area contributed by atoms with Crippen LogP contribution in [0.5, 0.6) is 11.5 Å². The first kappa shape index (κ1) is 15.2. The van der Waals surface area contributed by atoms with Crippen LogP contribution in [-0.4, -0.2) is 20.1 Å². The highest BCUT2D eigenvalue weighted by Crippen LogP contribution is 2.33. The number of allylic oxidation sites excluding steroid dienone is 1. The molecule has 2 nitrogen and oxygen atoms in total. The molecule has 0 spiro atoms. The fourth-order valence-electron chi connectivity index (χ4n) is 2.88. The van der Waals surface area contributed by atoms with Gasteiger partial charge in [0.1, 0.15) is 11.5 Å². The summed E-state index contributed by atoms with van der Waals surface area (Å²) in [5, 5.41) is 0. The molecular formula is C17H23ClO2. The molecule has 1 fully saturated rings. The number of rotatable bonds is 5. The summed E-state index contributed by atoms with van der Waals surface area (Å²) in [5.41, 5.74) is 2.41. The smallest absolute Gasteiger partial charge is 0.129 e. The van der Waals surface area contributed by atoms with Crippen LogP contribution < -0.4 is 9.47 Å². The van der Waals surface area contributed by atoms with Crippen molar-refractivity contribution in [2.45, 2.75) is 32.1 Å². The molecular weight excluding hydrogens is 272 g/mol. The summed E-state index contributed by atoms with van der Waals surface area (Å²) in [6.45, 7) is 0. The van der Waals surface area contributed by atoms with Crippen LogP contribution in [0.25, 0.3) is 6.08 Å². The molecule has 0 saturated heterocycles. The zero-order chi connectivity index (χ0) is 14.4. The third-order valence-corrected chi connectivity index (χ3v) is 4.37. The molecule has 0 unspecified atom stereocenters. The molecule has 0 aromatic heterocycles. The second-order valence-electron chi connectivity index (χ2n) is 5.30. The molecule has 0 radical (unpaired) electrons. The number of ether oxygens (including phenoxy) is 2. The minimum Gasteiger partial charge on any atom is -0.497 e. The van der Waals surface area contributed by atoms with E-state index in [9.17, 15) is 0 Å². The predicted molar refractivity (Wildman–Crippen MR) is 84.8 cm³/mol. The monoisotopic (exact) mass is 294 g/mol. The molecule has 1 aliphatic carbocycles. The Balaban J connectivity index is 2.26. The van der Waals surface area contributed by atoms with Gasteiger partial charge in [-0.1, -0.05) is 30.9 Å². The molecule has 2 rings (SSSR count). The number of hydrogen-bond acceptors (Lipinski definition) is 2. The highest BCUT2D eigenvalue weighted by Gasteiger charge is 2.17. The zero-order valence-corrected chi connectivity index (χ0v) is 13.1. The van der Waals surface area contributed by atoms with Gasteiger partial charge in [0.05, 0.1) is 14.2 Å². The summed E-state index contributed by atoms with van der Waals surface area (Å²) < 4.78 is 10.7. The van der Waals surface area contributed by atoms with Crippen LogP contribution in [0.2, 0.25) is 0 Å². The van der Waals surface area contributed by atoms with Crippen molar-refractivity contribution in [3.05, 3.63) is 29.3 Å². The molecule has 1 saturated carbocycles. The maximum absolute atomic E-state index is 6.17. The van der Waals surface area contributed by atoms with Crippen LogP contribution in [0.3, 0.4) is 0 Å². The van der Waals surface area contributed by atoms with Crippen LogP contribution in [-0.2, 0) is 0 Å². The van der Waals surface area contributed by atoms with Gasteiger partial charge in [-0.05, 0) is 30.9 Å². The summed E-state index contributed by atoms with van der Waals surface area (Å²) in [5.74, 6) is 2.87. The van der Waals surface area contributed by atoms with Crippen LogP contribution >= 0.6 is 11.6 Å². The maximum Gasteiger partial charge on any atom is 0.129 e. The Morgan fingerprint density at radius 3 is 2.55 bits per heavy atom. The summed E-state index contributed by atoms with van der Waals surface area (Å²) in [4.78, 5) is 0. The van der Waals surface area contributed by atoms with Gasteiger partial charge in [0.2, 0.25) is 0 Å². The Morgan fingerprint density at radius 1 is 1.20 bits per heavy atom. The first-order valence-corrected chi connectivity index (χ1v) is 7.80. The molecule has 1 aromatic carbocycles. The lowest BCUT2D eigenvalue weighted by Crippen LogP contribution is -2.10. The van der Waals surface area contributed by atoms with Crippen LogP contribution in [0.1, 0.15) is 37.7 Å². The van der Waals surface area contributed by atoms with E-state index >= 15 is 0 Å². The van der Waals surface area contributed by atoms with Gasteiger partial charge in [-0.2, -0.15) is 0 Å². The van der Waals surface area contributed by atoms with E-state index in [2.05, 4.69) is 6.08 Å². The van der Waals surface area contributed by atoms with Crippen molar-refractivity contribution in [2.75, 3.05) is 20.1 Å². The predicted octanol–water partition coefficient (Wildman–Crippen LogP) is 4.91. The molecule has 0 bridgehead atoms. The number of halogens is 1. The van der Waals surface area contributed by atoms with Gasteiger partial charge >= 0.3 is 0 Å². The molecule has 110 valence electrons. The summed E-state index contributed by atoms with van der Waals surface area (Å²) in [6.07, 6.45) is 8.71. The fourth-order valence-corrected chi connectivity index (χ4v) is 3.17. The Hall–Kier alpha value is -1.15. The molecule has 1 aromatic rings. The summed E-state index contributed by atoms with van der Waals surface area (Å²) >= 11 is 6.17. The van der Waals surface area contributed by atoms with Gasteiger partial charge < -0.3 is 9.47 Å². The van der Waals surface area contributed by atoms with E-state index in [4.69, 9.17) is 21.1 Å². The molecule has 0 N–H and O–H groups in total. The average Bonchev–Trinajstić information content (AvgIpc) is 2.53. The highest BCUT2D eigenvalue weighted by molar-refractivity contribution is 6.19. The highest BCUT2D eigenvalue weighted by atomic mass is 35.5. The lowest BCUT2D eigenvalue weighted by atomic mass is 9.83. The maximum atomic E-state index is 6.17. The van der Waals surface area contributed by atoms with Crippen molar-refractivity contribution >= 4 is 17.7 Å². The first-order valence-electron chi connectivity index (χ1n) is 7.27. The minimum atomic E-state index is 0.597. The van der Waals surface area contributed by atoms with E-state index in [1.54, 1.807) is 14.2 Å². The van der Waals surface area contributed by atoms with Crippen molar-refractivity contribution in [3.63, 3.8) is 0 Å². The van der Waals surface area contributed by atoms with E-state index in [1.165, 1.54) is 37.7 Å². The molecule has 0 atom stereocenters. The van der Waals surface area contributed by atoms with Crippen LogP contribution in [0.4, 0.5) is 0 Å². The summed E-state index contributed by atoms with van der Waals surface area (Å²) in [6, 6.07) is 5.91. The lowest BCUT2D eigenvalue weighted by Gasteiger charge is -2.23.